The lowest BCUT2D eigenvalue weighted by Crippen LogP contribution is -2.39. The average Bonchev–Trinajstić information content (AvgIpc) is 3.46. The van der Waals surface area contributed by atoms with Crippen LogP contribution in [-0.2, 0) is 11.3 Å². The largest absolute Gasteiger partial charge is 0.497 e. The van der Waals surface area contributed by atoms with E-state index < -0.39 is 0 Å². The van der Waals surface area contributed by atoms with Crippen molar-refractivity contribution in [2.24, 2.45) is 0 Å². The van der Waals surface area contributed by atoms with E-state index in [0.717, 1.165) is 41.9 Å². The van der Waals surface area contributed by atoms with Gasteiger partial charge in [-0.25, -0.2) is 0 Å². The summed E-state index contributed by atoms with van der Waals surface area (Å²) in [7, 11) is 1.67. The molecular formula is C23H26N2O3. The molecule has 0 aliphatic heterocycles. The van der Waals surface area contributed by atoms with Crippen molar-refractivity contribution >= 4 is 16.9 Å². The summed E-state index contributed by atoms with van der Waals surface area (Å²) >= 11 is 0. The van der Waals surface area contributed by atoms with Crippen LogP contribution in [0.3, 0.4) is 0 Å². The van der Waals surface area contributed by atoms with E-state index in [1.165, 1.54) is 5.56 Å². The normalized spacial score (nSPS) is 15.0. The van der Waals surface area contributed by atoms with Gasteiger partial charge in [0.25, 0.3) is 0 Å². The first-order valence-corrected chi connectivity index (χ1v) is 9.77. The number of carbonyl (C=O) groups excluding carboxylic acids is 1. The van der Waals surface area contributed by atoms with Gasteiger partial charge in [0.2, 0.25) is 5.91 Å². The molecule has 5 nitrogen and oxygen atoms in total. The number of nitrogens with zero attached hydrogens (tertiary/aromatic N) is 1. The molecule has 1 fully saturated rings. The van der Waals surface area contributed by atoms with Gasteiger partial charge in [-0.05, 0) is 49.6 Å². The Morgan fingerprint density at radius 1 is 1.21 bits per heavy atom. The maximum Gasteiger partial charge on any atom is 0.234 e. The minimum absolute atomic E-state index is 0.0216. The SMILES string of the molecule is COc1ccc(CN(CC(=O)NC(C)c2cc3ccccc3o2)C2CC2)cc1. The quantitative estimate of drug-likeness (QED) is 0.636. The Morgan fingerprint density at radius 3 is 2.64 bits per heavy atom. The molecule has 1 saturated carbocycles. The molecule has 0 bridgehead atoms. The Labute approximate surface area is 165 Å². The van der Waals surface area contributed by atoms with Gasteiger partial charge < -0.3 is 14.5 Å². The van der Waals surface area contributed by atoms with Gasteiger partial charge in [0.1, 0.15) is 17.1 Å². The molecule has 1 aliphatic carbocycles. The lowest BCUT2D eigenvalue weighted by atomic mass is 10.2. The molecule has 146 valence electrons. The lowest BCUT2D eigenvalue weighted by molar-refractivity contribution is -0.123. The van der Waals surface area contributed by atoms with Crippen LogP contribution in [0.25, 0.3) is 11.0 Å². The molecule has 2 aromatic carbocycles. The van der Waals surface area contributed by atoms with Gasteiger partial charge in [-0.1, -0.05) is 30.3 Å². The summed E-state index contributed by atoms with van der Waals surface area (Å²) in [6.07, 6.45) is 2.31. The van der Waals surface area contributed by atoms with Crippen molar-refractivity contribution in [2.45, 2.75) is 38.4 Å². The summed E-state index contributed by atoms with van der Waals surface area (Å²) in [4.78, 5) is 14.9. The van der Waals surface area contributed by atoms with Gasteiger partial charge in [0.15, 0.2) is 0 Å². The Kier molecular flexibility index (Phi) is 5.35. The van der Waals surface area contributed by atoms with Crippen LogP contribution in [0.1, 0.15) is 37.1 Å². The second kappa shape index (κ2) is 8.07. The zero-order chi connectivity index (χ0) is 19.5. The molecule has 1 N–H and O–H groups in total. The third kappa shape index (κ3) is 4.37. The predicted molar refractivity (Wildman–Crippen MR) is 109 cm³/mol. The second-order valence-electron chi connectivity index (χ2n) is 7.46. The van der Waals surface area contributed by atoms with E-state index in [1.807, 2.05) is 49.4 Å². The molecule has 1 aromatic heterocycles. The summed E-state index contributed by atoms with van der Waals surface area (Å²) < 4.78 is 11.1. The van der Waals surface area contributed by atoms with Crippen LogP contribution < -0.4 is 10.1 Å². The van der Waals surface area contributed by atoms with E-state index in [0.29, 0.717) is 12.6 Å². The lowest BCUT2D eigenvalue weighted by Gasteiger charge is -2.22. The van der Waals surface area contributed by atoms with Gasteiger partial charge in [0.05, 0.1) is 19.7 Å². The molecular weight excluding hydrogens is 352 g/mol. The van der Waals surface area contributed by atoms with E-state index in [1.54, 1.807) is 7.11 Å². The van der Waals surface area contributed by atoms with Crippen LogP contribution in [-0.4, -0.2) is 30.5 Å². The summed E-state index contributed by atoms with van der Waals surface area (Å²) in [6, 6.07) is 18.3. The molecule has 3 aromatic rings. The van der Waals surface area contributed by atoms with Crippen LogP contribution >= 0.6 is 0 Å². The van der Waals surface area contributed by atoms with Crippen LogP contribution in [0.15, 0.2) is 59.0 Å². The van der Waals surface area contributed by atoms with Gasteiger partial charge in [-0.2, -0.15) is 0 Å². The van der Waals surface area contributed by atoms with Crippen LogP contribution in [0.5, 0.6) is 5.75 Å². The van der Waals surface area contributed by atoms with E-state index in [-0.39, 0.29) is 11.9 Å². The number of hydrogen-bond acceptors (Lipinski definition) is 4. The summed E-state index contributed by atoms with van der Waals surface area (Å²) in [5.41, 5.74) is 2.03. The summed E-state index contributed by atoms with van der Waals surface area (Å²) in [5, 5.41) is 4.13. The molecule has 1 aliphatic rings. The number of fused-ring (bicyclic) bond motifs is 1. The third-order valence-corrected chi connectivity index (χ3v) is 5.20. The van der Waals surface area contributed by atoms with Gasteiger partial charge >= 0.3 is 0 Å². The number of furan rings is 1. The first-order valence-electron chi connectivity index (χ1n) is 9.77. The number of benzene rings is 2. The molecule has 1 amide bonds. The van der Waals surface area contributed by atoms with Crippen molar-refractivity contribution in [3.63, 3.8) is 0 Å². The Bertz CT molecular complexity index is 911. The third-order valence-electron chi connectivity index (χ3n) is 5.20. The fraction of sp³-hybridized carbons (Fsp3) is 0.348. The minimum atomic E-state index is -0.165. The highest BCUT2D eigenvalue weighted by Gasteiger charge is 2.30. The number of carbonyl (C=O) groups is 1. The molecule has 28 heavy (non-hydrogen) atoms. The minimum Gasteiger partial charge on any atom is -0.497 e. The Hall–Kier alpha value is -2.79. The monoisotopic (exact) mass is 378 g/mol. The first-order chi connectivity index (χ1) is 13.6. The van der Waals surface area contributed by atoms with Crippen molar-refractivity contribution < 1.29 is 13.9 Å². The summed E-state index contributed by atoms with van der Waals surface area (Å²) in [6.45, 7) is 3.11. The average molecular weight is 378 g/mol. The predicted octanol–water partition coefficient (Wildman–Crippen LogP) is 4.28. The van der Waals surface area contributed by atoms with Crippen LogP contribution in [0.4, 0.5) is 0 Å². The zero-order valence-electron chi connectivity index (χ0n) is 16.4. The number of para-hydroxylation sites is 1. The second-order valence-corrected chi connectivity index (χ2v) is 7.46. The number of hydrogen-bond donors (Lipinski definition) is 1. The molecule has 5 heteroatoms. The van der Waals surface area contributed by atoms with Crippen molar-refractivity contribution in [2.75, 3.05) is 13.7 Å². The highest BCUT2D eigenvalue weighted by atomic mass is 16.5. The molecule has 0 saturated heterocycles. The molecule has 4 rings (SSSR count). The van der Waals surface area contributed by atoms with E-state index >= 15 is 0 Å². The number of ether oxygens (including phenoxy) is 1. The summed E-state index contributed by atoms with van der Waals surface area (Å²) in [5.74, 6) is 1.65. The van der Waals surface area contributed by atoms with E-state index in [9.17, 15) is 4.79 Å². The molecule has 1 unspecified atom stereocenters. The van der Waals surface area contributed by atoms with Crippen molar-refractivity contribution in [3.05, 3.63) is 65.9 Å². The highest BCUT2D eigenvalue weighted by Crippen LogP contribution is 2.29. The fourth-order valence-electron chi connectivity index (χ4n) is 3.48. The van der Waals surface area contributed by atoms with Crippen molar-refractivity contribution in [1.29, 1.82) is 0 Å². The van der Waals surface area contributed by atoms with Crippen LogP contribution in [0.2, 0.25) is 0 Å². The topological polar surface area (TPSA) is 54.7 Å². The fourth-order valence-corrected chi connectivity index (χ4v) is 3.48. The number of rotatable bonds is 8. The van der Waals surface area contributed by atoms with E-state index in [2.05, 4.69) is 22.3 Å². The maximum absolute atomic E-state index is 12.7. The highest BCUT2D eigenvalue weighted by molar-refractivity contribution is 5.80. The van der Waals surface area contributed by atoms with Gasteiger partial charge in [0, 0.05) is 18.0 Å². The maximum atomic E-state index is 12.7. The molecule has 1 atom stereocenters. The first kappa shape index (κ1) is 18.6. The molecule has 1 heterocycles. The van der Waals surface area contributed by atoms with Crippen LogP contribution in [0, 0.1) is 0 Å². The Balaban J connectivity index is 1.37. The van der Waals surface area contributed by atoms with Gasteiger partial charge in [-0.3, -0.25) is 9.69 Å². The standard InChI is InChI=1S/C23H26N2O3/c1-16(22-13-18-5-3-4-6-21(18)28-22)24-23(26)15-25(19-9-10-19)14-17-7-11-20(27-2)12-8-17/h3-8,11-13,16,19H,9-10,14-15H2,1-2H3,(H,24,26). The Morgan fingerprint density at radius 2 is 1.96 bits per heavy atom. The number of amides is 1. The molecule has 0 radical (unpaired) electrons. The number of methoxy groups -OCH3 is 1. The van der Waals surface area contributed by atoms with E-state index in [4.69, 9.17) is 9.15 Å². The number of nitrogens with one attached hydrogen (secondary N) is 1. The smallest absolute Gasteiger partial charge is 0.234 e. The van der Waals surface area contributed by atoms with Crippen molar-refractivity contribution in [3.8, 4) is 5.75 Å². The molecule has 0 spiro atoms. The zero-order valence-corrected chi connectivity index (χ0v) is 16.4. The van der Waals surface area contributed by atoms with Crippen molar-refractivity contribution in [1.82, 2.24) is 10.2 Å². The van der Waals surface area contributed by atoms with Gasteiger partial charge in [-0.15, -0.1) is 0 Å².